The lowest BCUT2D eigenvalue weighted by Crippen LogP contribution is -2.19. The van der Waals surface area contributed by atoms with Gasteiger partial charge in [-0.2, -0.15) is 8.42 Å². The summed E-state index contributed by atoms with van der Waals surface area (Å²) in [5, 5.41) is 13.7. The molecule has 0 heterocycles. The van der Waals surface area contributed by atoms with Crippen LogP contribution in [0.25, 0.3) is 5.57 Å². The second-order valence-corrected chi connectivity index (χ2v) is 9.20. The Morgan fingerprint density at radius 2 is 1.58 bits per heavy atom. The van der Waals surface area contributed by atoms with E-state index < -0.39 is 10.1 Å². The van der Waals surface area contributed by atoms with E-state index in [1.807, 2.05) is 55.5 Å². The summed E-state index contributed by atoms with van der Waals surface area (Å²) in [4.78, 5) is -0.239. The predicted octanol–water partition coefficient (Wildman–Crippen LogP) is 4.80. The van der Waals surface area contributed by atoms with Gasteiger partial charge in [0.15, 0.2) is 5.71 Å². The topological polar surface area (TPSA) is 89.6 Å². The molecule has 0 aromatic heterocycles. The van der Waals surface area contributed by atoms with Crippen LogP contribution in [-0.2, 0) is 10.1 Å². The first-order valence-corrected chi connectivity index (χ1v) is 12.5. The van der Waals surface area contributed by atoms with Crippen LogP contribution in [0, 0.1) is 6.92 Å². The molecule has 3 rings (SSSR count). The van der Waals surface area contributed by atoms with Gasteiger partial charge in [-0.3, -0.25) is 4.55 Å². The Labute approximate surface area is 196 Å². The molecule has 2 aromatic carbocycles. The maximum absolute atomic E-state index is 12.3. The standard InChI is InChI=1S/C26H30N2O4S/c1-5-27-21-12-8-19(9-13-21)26(20-10-14-22(15-11-20)28(6-2)7-3)23-17-24(29)18(4)16-25(23)33(30,31)32/h8-17H,5-7H2,1-4H3,(H2,29,30,31,32)/p+1. The Morgan fingerprint density at radius 3 is 2.09 bits per heavy atom. The molecule has 0 atom stereocenters. The van der Waals surface area contributed by atoms with Gasteiger partial charge in [0, 0.05) is 29.9 Å². The summed E-state index contributed by atoms with van der Waals surface area (Å²) < 4.78 is 36.8. The van der Waals surface area contributed by atoms with Gasteiger partial charge in [0.1, 0.15) is 23.7 Å². The van der Waals surface area contributed by atoms with Gasteiger partial charge in [0.05, 0.1) is 0 Å². The summed E-state index contributed by atoms with van der Waals surface area (Å²) in [5.74, 6) is -0.0427. The Morgan fingerprint density at radius 1 is 0.970 bits per heavy atom. The molecule has 0 fully saturated rings. The Balaban J connectivity index is 2.31. The zero-order chi connectivity index (χ0) is 24.2. The van der Waals surface area contributed by atoms with E-state index in [1.165, 1.54) is 12.1 Å². The summed E-state index contributed by atoms with van der Waals surface area (Å²) >= 11 is 0. The molecule has 174 valence electrons. The number of hydrogen-bond donors (Lipinski definition) is 3. The van der Waals surface area contributed by atoms with E-state index in [-0.39, 0.29) is 16.2 Å². The van der Waals surface area contributed by atoms with E-state index >= 15 is 0 Å². The van der Waals surface area contributed by atoms with E-state index in [0.717, 1.165) is 42.2 Å². The van der Waals surface area contributed by atoms with E-state index in [0.29, 0.717) is 11.1 Å². The minimum atomic E-state index is -4.53. The SMILES string of the molecule is CCNc1ccc(C(=C2C=CC(=[N+](CC)CC)C=C2)c2cc(O)c(C)cc2S(=O)(=O)O)cc1. The quantitative estimate of drug-likeness (QED) is 0.402. The predicted molar refractivity (Wildman–Crippen MR) is 134 cm³/mol. The van der Waals surface area contributed by atoms with Crippen molar-refractivity contribution < 1.29 is 22.7 Å². The highest BCUT2D eigenvalue weighted by Gasteiger charge is 2.23. The number of anilines is 1. The fourth-order valence-corrected chi connectivity index (χ4v) is 4.71. The lowest BCUT2D eigenvalue weighted by atomic mass is 9.90. The summed E-state index contributed by atoms with van der Waals surface area (Å²) in [7, 11) is -4.53. The van der Waals surface area contributed by atoms with Crippen LogP contribution in [0.15, 0.2) is 71.2 Å². The van der Waals surface area contributed by atoms with Crippen LogP contribution < -0.4 is 5.32 Å². The molecule has 3 N–H and O–H groups in total. The van der Waals surface area contributed by atoms with Crippen molar-refractivity contribution in [3.05, 3.63) is 83.0 Å². The van der Waals surface area contributed by atoms with Crippen molar-refractivity contribution >= 4 is 27.1 Å². The van der Waals surface area contributed by atoms with Crippen molar-refractivity contribution in [2.24, 2.45) is 0 Å². The molecule has 2 aromatic rings. The number of aromatic hydroxyl groups is 1. The maximum atomic E-state index is 12.3. The number of rotatable bonds is 7. The van der Waals surface area contributed by atoms with Gasteiger partial charge >= 0.3 is 0 Å². The number of nitrogens with one attached hydrogen (secondary N) is 1. The van der Waals surface area contributed by atoms with Gasteiger partial charge in [0.25, 0.3) is 10.1 Å². The third-order valence-corrected chi connectivity index (χ3v) is 6.58. The first kappa shape index (κ1) is 24.5. The molecular formula is C26H31N2O4S+. The zero-order valence-corrected chi connectivity index (χ0v) is 20.3. The van der Waals surface area contributed by atoms with Gasteiger partial charge in [-0.25, -0.2) is 4.58 Å². The molecule has 33 heavy (non-hydrogen) atoms. The normalized spacial score (nSPS) is 13.4. The molecule has 0 spiro atoms. The molecule has 1 aliphatic rings. The number of nitrogens with zero attached hydrogens (tertiary/aromatic N) is 1. The zero-order valence-electron chi connectivity index (χ0n) is 19.5. The van der Waals surface area contributed by atoms with Crippen LogP contribution in [0.1, 0.15) is 37.5 Å². The molecule has 0 amide bonds. The number of benzene rings is 2. The van der Waals surface area contributed by atoms with E-state index in [4.69, 9.17) is 0 Å². The third kappa shape index (κ3) is 5.43. The fourth-order valence-electron chi connectivity index (χ4n) is 3.94. The average Bonchev–Trinajstić information content (AvgIpc) is 2.78. The molecule has 0 saturated heterocycles. The second-order valence-electron chi connectivity index (χ2n) is 7.81. The van der Waals surface area contributed by atoms with Gasteiger partial charge in [0.2, 0.25) is 0 Å². The molecule has 0 radical (unpaired) electrons. The number of allylic oxidation sites excluding steroid dienone is 5. The van der Waals surface area contributed by atoms with Gasteiger partial charge in [-0.05, 0) is 86.4 Å². The lowest BCUT2D eigenvalue weighted by molar-refractivity contribution is -0.519. The Bertz CT molecular complexity index is 1240. The van der Waals surface area contributed by atoms with E-state index in [1.54, 1.807) is 6.92 Å². The number of phenols is 1. The number of aryl methyl sites for hydroxylation is 1. The van der Waals surface area contributed by atoms with Crippen molar-refractivity contribution in [2.75, 3.05) is 25.0 Å². The summed E-state index contributed by atoms with van der Waals surface area (Å²) in [6.07, 6.45) is 7.87. The molecular weight excluding hydrogens is 436 g/mol. The van der Waals surface area contributed by atoms with Crippen LogP contribution in [0.3, 0.4) is 0 Å². The van der Waals surface area contributed by atoms with Gasteiger partial charge in [-0.1, -0.05) is 12.1 Å². The molecule has 0 saturated carbocycles. The second kappa shape index (κ2) is 10.2. The van der Waals surface area contributed by atoms with Crippen molar-refractivity contribution in [2.45, 2.75) is 32.6 Å². The third-order valence-electron chi connectivity index (χ3n) is 5.68. The Hall–Kier alpha value is -3.16. The van der Waals surface area contributed by atoms with Crippen LogP contribution in [-0.4, -0.2) is 48.0 Å². The van der Waals surface area contributed by atoms with Gasteiger partial charge < -0.3 is 10.4 Å². The highest BCUT2D eigenvalue weighted by atomic mass is 32.2. The molecule has 0 unspecified atom stereocenters. The summed E-state index contributed by atoms with van der Waals surface area (Å²) in [6, 6.07) is 10.3. The van der Waals surface area contributed by atoms with Crippen molar-refractivity contribution in [3.8, 4) is 5.75 Å². The van der Waals surface area contributed by atoms with Crippen LogP contribution in [0.4, 0.5) is 5.69 Å². The number of hydrogen-bond acceptors (Lipinski definition) is 4. The average molecular weight is 468 g/mol. The van der Waals surface area contributed by atoms with Crippen LogP contribution >= 0.6 is 0 Å². The van der Waals surface area contributed by atoms with Crippen LogP contribution in [0.5, 0.6) is 5.75 Å². The first-order valence-electron chi connectivity index (χ1n) is 11.1. The molecule has 7 heteroatoms. The Kier molecular flexibility index (Phi) is 7.56. The molecule has 0 bridgehead atoms. The summed E-state index contributed by atoms with van der Waals surface area (Å²) in [6.45, 7) is 10.3. The maximum Gasteiger partial charge on any atom is 0.295 e. The van der Waals surface area contributed by atoms with Crippen LogP contribution in [0.2, 0.25) is 0 Å². The fraction of sp³-hybridized carbons (Fsp3) is 0.269. The smallest absolute Gasteiger partial charge is 0.295 e. The van der Waals surface area contributed by atoms with Crippen molar-refractivity contribution in [3.63, 3.8) is 0 Å². The van der Waals surface area contributed by atoms with Gasteiger partial charge in [-0.15, -0.1) is 0 Å². The molecule has 1 aliphatic carbocycles. The molecule has 0 aliphatic heterocycles. The van der Waals surface area contributed by atoms with Crippen molar-refractivity contribution in [1.82, 2.24) is 0 Å². The largest absolute Gasteiger partial charge is 0.508 e. The first-order chi connectivity index (χ1) is 15.7. The summed E-state index contributed by atoms with van der Waals surface area (Å²) in [5.41, 5.74) is 4.76. The highest BCUT2D eigenvalue weighted by Crippen LogP contribution is 2.37. The van der Waals surface area contributed by atoms with E-state index in [2.05, 4.69) is 23.7 Å². The molecule has 6 nitrogen and oxygen atoms in total. The van der Waals surface area contributed by atoms with E-state index in [9.17, 15) is 18.1 Å². The van der Waals surface area contributed by atoms with Crippen molar-refractivity contribution in [1.29, 1.82) is 0 Å². The minimum Gasteiger partial charge on any atom is -0.508 e. The highest BCUT2D eigenvalue weighted by molar-refractivity contribution is 7.86. The number of phenolic OH excluding ortho intramolecular Hbond substituents is 1. The monoisotopic (exact) mass is 467 g/mol. The lowest BCUT2D eigenvalue weighted by Gasteiger charge is -2.18. The minimum absolute atomic E-state index is 0.0427.